The molecule has 0 unspecified atom stereocenters. The highest BCUT2D eigenvalue weighted by molar-refractivity contribution is 14.1. The maximum atomic E-state index is 6.66. The molecule has 7 heteroatoms. The molecule has 0 spiro atoms. The molecule has 0 N–H and O–H groups in total. The van der Waals surface area contributed by atoms with Gasteiger partial charge in [0.2, 0.25) is 16.6 Å². The van der Waals surface area contributed by atoms with Crippen LogP contribution < -0.4 is 0 Å². The molecule has 1 aromatic carbocycles. The molecule has 1 aliphatic rings. The van der Waals surface area contributed by atoms with Crippen LogP contribution in [0.1, 0.15) is 39.4 Å². The van der Waals surface area contributed by atoms with E-state index in [0.29, 0.717) is 0 Å². The molecule has 0 amide bonds. The van der Waals surface area contributed by atoms with Gasteiger partial charge in [-0.2, -0.15) is 10.1 Å². The number of nitrogens with zero attached hydrogens (tertiary/aromatic N) is 2. The Morgan fingerprint density at radius 1 is 0.769 bits per heavy atom. The lowest BCUT2D eigenvalue weighted by Crippen LogP contribution is -2.56. The number of benzene rings is 1. The lowest BCUT2D eigenvalue weighted by molar-refractivity contribution is -0.201. The largest absolute Gasteiger partial charge is 0.341 e. The standard InChI is InChI=1S/C19H35IN2O2Si2/c1-18(2)19(3,4)22(24-26(8,9)10)17(21(18)23-25(5,6)7)15-11-13-16(20)14-12-15/h11-14,17H,1-10H3. The van der Waals surface area contributed by atoms with Crippen LogP contribution in [0.4, 0.5) is 0 Å². The summed E-state index contributed by atoms with van der Waals surface area (Å²) in [6.07, 6.45) is -0.0598. The smallest absolute Gasteiger partial charge is 0.212 e. The molecule has 0 aliphatic carbocycles. The van der Waals surface area contributed by atoms with E-state index < -0.39 is 16.6 Å². The molecule has 0 bridgehead atoms. The predicted octanol–water partition coefficient (Wildman–Crippen LogP) is 6.00. The van der Waals surface area contributed by atoms with E-state index in [1.807, 2.05) is 0 Å². The summed E-state index contributed by atoms with van der Waals surface area (Å²) in [4.78, 5) is 0. The number of hydroxylamine groups is 4. The highest BCUT2D eigenvalue weighted by Gasteiger charge is 2.61. The third-order valence-corrected chi connectivity index (χ3v) is 7.16. The van der Waals surface area contributed by atoms with Crippen molar-refractivity contribution in [1.82, 2.24) is 10.1 Å². The summed E-state index contributed by atoms with van der Waals surface area (Å²) < 4.78 is 14.5. The van der Waals surface area contributed by atoms with Crippen molar-refractivity contribution in [2.75, 3.05) is 0 Å². The SMILES string of the molecule is CC1(C)N(O[Si](C)(C)C)C(c2ccc(I)cc2)N(O[Si](C)(C)C)C1(C)C. The van der Waals surface area contributed by atoms with Crippen LogP contribution >= 0.6 is 22.6 Å². The Kier molecular flexibility index (Phi) is 6.27. The third kappa shape index (κ3) is 4.61. The van der Waals surface area contributed by atoms with Gasteiger partial charge in [0, 0.05) is 3.57 Å². The van der Waals surface area contributed by atoms with Gasteiger partial charge in [-0.1, -0.05) is 12.1 Å². The summed E-state index contributed by atoms with van der Waals surface area (Å²) in [7, 11) is -3.59. The Morgan fingerprint density at radius 3 is 1.42 bits per heavy atom. The van der Waals surface area contributed by atoms with Gasteiger partial charge in [-0.15, -0.1) is 0 Å². The Labute approximate surface area is 175 Å². The van der Waals surface area contributed by atoms with Gasteiger partial charge in [0.05, 0.1) is 11.1 Å². The molecule has 1 saturated heterocycles. The molecular formula is C19H35IN2O2Si2. The molecule has 1 aliphatic heterocycles. The fraction of sp³-hybridized carbons (Fsp3) is 0.684. The van der Waals surface area contributed by atoms with E-state index in [9.17, 15) is 0 Å². The Hall–Kier alpha value is 0.224. The van der Waals surface area contributed by atoms with Gasteiger partial charge < -0.3 is 9.05 Å². The quantitative estimate of drug-likeness (QED) is 0.361. The maximum Gasteiger partial charge on any atom is 0.212 e. The number of hydrogen-bond donors (Lipinski definition) is 0. The molecule has 26 heavy (non-hydrogen) atoms. The molecule has 1 heterocycles. The van der Waals surface area contributed by atoms with E-state index in [1.54, 1.807) is 0 Å². The second-order valence-corrected chi connectivity index (χ2v) is 20.2. The van der Waals surface area contributed by atoms with Gasteiger partial charge in [0.1, 0.15) is 6.17 Å². The average Bonchev–Trinajstić information content (AvgIpc) is 2.56. The molecule has 148 valence electrons. The molecule has 1 fully saturated rings. The average molecular weight is 507 g/mol. The summed E-state index contributed by atoms with van der Waals surface area (Å²) in [6.45, 7) is 22.5. The first-order valence-electron chi connectivity index (χ1n) is 9.29. The predicted molar refractivity (Wildman–Crippen MR) is 123 cm³/mol. The van der Waals surface area contributed by atoms with Crippen molar-refractivity contribution in [3.05, 3.63) is 33.4 Å². The minimum absolute atomic E-state index is 0.0598. The zero-order chi connectivity index (χ0) is 20.1. The second-order valence-electron chi connectivity index (χ2n) is 10.1. The fourth-order valence-corrected chi connectivity index (χ4v) is 5.27. The molecule has 0 aromatic heterocycles. The van der Waals surface area contributed by atoms with Crippen LogP contribution in [0.3, 0.4) is 0 Å². The van der Waals surface area contributed by atoms with Crippen LogP contribution in [0.25, 0.3) is 0 Å². The first-order valence-corrected chi connectivity index (χ1v) is 17.2. The highest BCUT2D eigenvalue weighted by atomic mass is 127. The normalized spacial score (nSPS) is 22.1. The van der Waals surface area contributed by atoms with E-state index in [-0.39, 0.29) is 17.2 Å². The summed E-state index contributed by atoms with van der Waals surface area (Å²) in [6, 6.07) is 8.72. The van der Waals surface area contributed by atoms with E-state index in [0.717, 1.165) is 0 Å². The van der Waals surface area contributed by atoms with Gasteiger partial charge in [-0.05, 0) is 107 Å². The van der Waals surface area contributed by atoms with Crippen molar-refractivity contribution >= 4 is 39.2 Å². The van der Waals surface area contributed by atoms with Crippen LogP contribution in [0.15, 0.2) is 24.3 Å². The van der Waals surface area contributed by atoms with Crippen molar-refractivity contribution in [2.45, 2.75) is 84.2 Å². The summed E-state index contributed by atoms with van der Waals surface area (Å²) in [5, 5.41) is 4.42. The van der Waals surface area contributed by atoms with Gasteiger partial charge in [-0.3, -0.25) is 0 Å². The lowest BCUT2D eigenvalue weighted by atomic mass is 9.84. The molecule has 0 atom stereocenters. The van der Waals surface area contributed by atoms with Crippen LogP contribution in [-0.4, -0.2) is 37.8 Å². The third-order valence-electron chi connectivity index (χ3n) is 4.96. The molecule has 1 aromatic rings. The van der Waals surface area contributed by atoms with Crippen molar-refractivity contribution < 1.29 is 9.05 Å². The van der Waals surface area contributed by atoms with Gasteiger partial charge in [0.15, 0.2) is 0 Å². The van der Waals surface area contributed by atoms with Crippen LogP contribution in [0.2, 0.25) is 39.3 Å². The van der Waals surface area contributed by atoms with E-state index in [1.165, 1.54) is 9.13 Å². The fourth-order valence-electron chi connectivity index (χ4n) is 3.07. The summed E-state index contributed by atoms with van der Waals surface area (Å²) in [5.74, 6) is 0. The Morgan fingerprint density at radius 2 is 1.12 bits per heavy atom. The van der Waals surface area contributed by atoms with Crippen LogP contribution in [0, 0.1) is 3.57 Å². The molecular weight excluding hydrogens is 471 g/mol. The first kappa shape index (κ1) is 22.5. The van der Waals surface area contributed by atoms with E-state index in [2.05, 4.69) is 124 Å². The van der Waals surface area contributed by atoms with Gasteiger partial charge >= 0.3 is 0 Å². The second kappa shape index (κ2) is 7.24. The van der Waals surface area contributed by atoms with Gasteiger partial charge in [0.25, 0.3) is 0 Å². The number of hydrogen-bond acceptors (Lipinski definition) is 4. The summed E-state index contributed by atoms with van der Waals surface area (Å²) in [5.41, 5.74) is 0.793. The zero-order valence-corrected chi connectivity index (χ0v) is 22.1. The first-order chi connectivity index (χ1) is 11.6. The minimum atomic E-state index is -1.79. The molecule has 2 rings (SSSR count). The monoisotopic (exact) mass is 506 g/mol. The van der Waals surface area contributed by atoms with Crippen molar-refractivity contribution in [2.24, 2.45) is 0 Å². The minimum Gasteiger partial charge on any atom is -0.341 e. The van der Waals surface area contributed by atoms with Crippen LogP contribution in [-0.2, 0) is 9.05 Å². The van der Waals surface area contributed by atoms with Crippen LogP contribution in [0.5, 0.6) is 0 Å². The zero-order valence-electron chi connectivity index (χ0n) is 18.0. The maximum absolute atomic E-state index is 6.66. The summed E-state index contributed by atoms with van der Waals surface area (Å²) >= 11 is 2.35. The van der Waals surface area contributed by atoms with E-state index >= 15 is 0 Å². The van der Waals surface area contributed by atoms with Crippen molar-refractivity contribution in [3.8, 4) is 0 Å². The van der Waals surface area contributed by atoms with Crippen molar-refractivity contribution in [3.63, 3.8) is 0 Å². The number of halogens is 1. The lowest BCUT2D eigenvalue weighted by Gasteiger charge is -2.43. The molecule has 0 saturated carbocycles. The highest BCUT2D eigenvalue weighted by Crippen LogP contribution is 2.51. The Bertz CT molecular complexity index is 602. The molecule has 0 radical (unpaired) electrons. The topological polar surface area (TPSA) is 24.9 Å². The number of rotatable bonds is 5. The van der Waals surface area contributed by atoms with E-state index in [4.69, 9.17) is 9.05 Å². The molecule has 4 nitrogen and oxygen atoms in total. The van der Waals surface area contributed by atoms with Crippen molar-refractivity contribution in [1.29, 1.82) is 0 Å². The van der Waals surface area contributed by atoms with Gasteiger partial charge in [-0.25, -0.2) is 0 Å². The Balaban J connectivity index is 2.61.